The lowest BCUT2D eigenvalue weighted by Gasteiger charge is -2.06. The molecular weight excluding hydrogens is 238 g/mol. The van der Waals surface area contributed by atoms with Gasteiger partial charge in [0.05, 0.1) is 6.61 Å². The van der Waals surface area contributed by atoms with Crippen LogP contribution in [0.4, 0.5) is 0 Å². The van der Waals surface area contributed by atoms with E-state index in [2.05, 4.69) is 10.8 Å². The number of aliphatic carboxylic acids is 1. The molecule has 16 heavy (non-hydrogen) atoms. The van der Waals surface area contributed by atoms with Crippen molar-refractivity contribution in [1.82, 2.24) is 4.90 Å². The third kappa shape index (κ3) is 18.8. The number of likely N-dealkylation sites (N-methyl/N-ethyl adjacent to an activating group) is 1. The molecule has 2 N–H and O–H groups in total. The lowest BCUT2D eigenvalue weighted by atomic mass is 10.4. The van der Waals surface area contributed by atoms with Gasteiger partial charge in [0.1, 0.15) is 0 Å². The monoisotopic (exact) mass is 255 g/mol. The first-order chi connectivity index (χ1) is 7.06. The van der Waals surface area contributed by atoms with E-state index < -0.39 is 16.4 Å². The fourth-order valence-electron chi connectivity index (χ4n) is 0.325. The first-order valence-electron chi connectivity index (χ1n) is 4.21. The van der Waals surface area contributed by atoms with Crippen LogP contribution in [0, 0.1) is 0 Å². The number of rotatable bonds is 5. The van der Waals surface area contributed by atoms with Crippen molar-refractivity contribution in [3.63, 3.8) is 0 Å². The highest BCUT2D eigenvalue weighted by atomic mass is 32.3. The van der Waals surface area contributed by atoms with Crippen molar-refractivity contribution in [2.24, 2.45) is 0 Å². The van der Waals surface area contributed by atoms with Crippen molar-refractivity contribution >= 4 is 16.4 Å². The fraction of sp³-hybridized carbons (Fsp3) is 0.625. The highest BCUT2D eigenvalue weighted by molar-refractivity contribution is 7.80. The van der Waals surface area contributed by atoms with Gasteiger partial charge in [0.25, 0.3) is 0 Å². The van der Waals surface area contributed by atoms with Crippen LogP contribution in [-0.2, 0) is 19.4 Å². The summed E-state index contributed by atoms with van der Waals surface area (Å²) >= 11 is 0. The van der Waals surface area contributed by atoms with Crippen molar-refractivity contribution in [1.29, 1.82) is 0 Å². The maximum absolute atomic E-state index is 9.93. The third-order valence-electron chi connectivity index (χ3n) is 1.14. The Hall–Kier alpha value is -0.960. The summed E-state index contributed by atoms with van der Waals surface area (Å²) in [6, 6.07) is 0. The number of hydrogen-bond donors (Lipinski definition) is 2. The van der Waals surface area contributed by atoms with Crippen molar-refractivity contribution in [2.75, 3.05) is 27.2 Å². The molecule has 0 heterocycles. The maximum Gasteiger partial charge on any atom is 0.397 e. The number of carbonyl (C=O) groups is 1. The zero-order chi connectivity index (χ0) is 13.4. The summed E-state index contributed by atoms with van der Waals surface area (Å²) < 4.78 is 31.9. The van der Waals surface area contributed by atoms with Gasteiger partial charge in [-0.1, -0.05) is 6.58 Å². The van der Waals surface area contributed by atoms with Gasteiger partial charge in [-0.25, -0.2) is 8.98 Å². The molecule has 7 nitrogen and oxygen atoms in total. The molecule has 0 aromatic carbocycles. The molecule has 0 aliphatic heterocycles. The summed E-state index contributed by atoms with van der Waals surface area (Å²) in [7, 11) is -0.704. The Labute approximate surface area is 95.3 Å². The molecule has 8 heteroatoms. The van der Waals surface area contributed by atoms with Gasteiger partial charge in [0.2, 0.25) is 0 Å². The van der Waals surface area contributed by atoms with E-state index in [1.54, 1.807) is 19.0 Å². The van der Waals surface area contributed by atoms with Crippen LogP contribution in [0.25, 0.3) is 0 Å². The molecule has 0 fully saturated rings. The first-order valence-corrected chi connectivity index (χ1v) is 5.58. The highest BCUT2D eigenvalue weighted by Gasteiger charge is 2.02. The van der Waals surface area contributed by atoms with E-state index in [1.165, 1.54) is 6.92 Å². The summed E-state index contributed by atoms with van der Waals surface area (Å²) in [4.78, 5) is 11.3. The molecule has 0 spiro atoms. The molecule has 96 valence electrons. The fourth-order valence-corrected chi connectivity index (χ4v) is 0.610. The van der Waals surface area contributed by atoms with Gasteiger partial charge >= 0.3 is 16.4 Å². The predicted molar refractivity (Wildman–Crippen MR) is 58.5 cm³/mol. The molecule has 0 rings (SSSR count). The van der Waals surface area contributed by atoms with Crippen LogP contribution in [-0.4, -0.2) is 56.2 Å². The zero-order valence-corrected chi connectivity index (χ0v) is 10.3. The summed E-state index contributed by atoms with van der Waals surface area (Å²) in [5.74, 6) is -0.935. The standard InChI is InChI=1S/C4H11NO4S.C4H6O2/c1-5(2)3-4-9-10(6,7)8;1-3(2)4(5)6/h3-4H2,1-2H3,(H,6,7,8);1H2,2H3,(H,5,6). The molecule has 0 bridgehead atoms. The van der Waals surface area contributed by atoms with Crippen molar-refractivity contribution in [3.8, 4) is 0 Å². The van der Waals surface area contributed by atoms with Crippen LogP contribution < -0.4 is 0 Å². The van der Waals surface area contributed by atoms with Crippen LogP contribution in [0.2, 0.25) is 0 Å². The second kappa shape index (κ2) is 8.22. The van der Waals surface area contributed by atoms with E-state index in [9.17, 15) is 13.2 Å². The molecule has 0 unspecified atom stereocenters. The second-order valence-electron chi connectivity index (χ2n) is 3.14. The van der Waals surface area contributed by atoms with E-state index in [4.69, 9.17) is 9.66 Å². The van der Waals surface area contributed by atoms with E-state index in [0.29, 0.717) is 6.54 Å². The van der Waals surface area contributed by atoms with Crippen LogP contribution in [0.15, 0.2) is 12.2 Å². The number of nitrogens with zero attached hydrogens (tertiary/aromatic N) is 1. The van der Waals surface area contributed by atoms with Crippen LogP contribution in [0.3, 0.4) is 0 Å². The third-order valence-corrected chi connectivity index (χ3v) is 1.60. The van der Waals surface area contributed by atoms with Gasteiger partial charge < -0.3 is 10.0 Å². The molecule has 0 radical (unpaired) electrons. The van der Waals surface area contributed by atoms with Gasteiger partial charge in [-0.05, 0) is 21.0 Å². The van der Waals surface area contributed by atoms with Crippen molar-refractivity contribution in [3.05, 3.63) is 12.2 Å². The molecule has 0 aromatic rings. The van der Waals surface area contributed by atoms with E-state index in [1.807, 2.05) is 0 Å². The summed E-state index contributed by atoms with van der Waals surface area (Å²) in [5.41, 5.74) is 0.176. The second-order valence-corrected chi connectivity index (χ2v) is 4.23. The number of hydrogen-bond acceptors (Lipinski definition) is 5. The van der Waals surface area contributed by atoms with E-state index in [-0.39, 0.29) is 12.2 Å². The Kier molecular flexibility index (Phi) is 8.96. The molecule has 0 saturated heterocycles. The van der Waals surface area contributed by atoms with Crippen LogP contribution >= 0.6 is 0 Å². The molecule has 0 atom stereocenters. The summed E-state index contributed by atoms with van der Waals surface area (Å²) in [6.45, 7) is 5.04. The summed E-state index contributed by atoms with van der Waals surface area (Å²) in [6.07, 6.45) is 0. The zero-order valence-electron chi connectivity index (χ0n) is 9.50. The Morgan fingerprint density at radius 3 is 2.00 bits per heavy atom. The molecule has 0 amide bonds. The van der Waals surface area contributed by atoms with Gasteiger partial charge in [-0.3, -0.25) is 4.55 Å². The van der Waals surface area contributed by atoms with Crippen LogP contribution in [0.1, 0.15) is 6.92 Å². The highest BCUT2D eigenvalue weighted by Crippen LogP contribution is 1.85. The van der Waals surface area contributed by atoms with E-state index >= 15 is 0 Å². The SMILES string of the molecule is C=C(C)C(=O)O.CN(C)CCOS(=O)(=O)O. The summed E-state index contributed by atoms with van der Waals surface area (Å²) in [5, 5.41) is 7.89. The van der Waals surface area contributed by atoms with E-state index in [0.717, 1.165) is 0 Å². The maximum atomic E-state index is 9.93. The minimum absolute atomic E-state index is 0.0220. The van der Waals surface area contributed by atoms with Gasteiger partial charge in [-0.15, -0.1) is 0 Å². The number of carboxylic acids is 1. The van der Waals surface area contributed by atoms with Crippen LogP contribution in [0.5, 0.6) is 0 Å². The average molecular weight is 255 g/mol. The van der Waals surface area contributed by atoms with Gasteiger partial charge in [0.15, 0.2) is 0 Å². The molecule has 0 aromatic heterocycles. The smallest absolute Gasteiger partial charge is 0.397 e. The van der Waals surface area contributed by atoms with Crippen molar-refractivity contribution < 1.29 is 27.1 Å². The topological polar surface area (TPSA) is 104 Å². The minimum Gasteiger partial charge on any atom is -0.478 e. The molecule has 0 saturated carbocycles. The Balaban J connectivity index is 0. The van der Waals surface area contributed by atoms with Gasteiger partial charge in [-0.2, -0.15) is 8.42 Å². The number of carboxylic acid groups (broad SMARTS) is 1. The van der Waals surface area contributed by atoms with Crippen molar-refractivity contribution in [2.45, 2.75) is 6.92 Å². The quantitative estimate of drug-likeness (QED) is 0.527. The first kappa shape index (κ1) is 17.4. The Bertz CT molecular complexity index is 309. The average Bonchev–Trinajstić information content (AvgIpc) is 2.01. The molecule has 0 aliphatic rings. The Morgan fingerprint density at radius 2 is 1.81 bits per heavy atom. The molecule has 0 aliphatic carbocycles. The predicted octanol–water partition coefficient (Wildman–Crippen LogP) is 0.0145. The Morgan fingerprint density at radius 1 is 1.44 bits per heavy atom. The lowest BCUT2D eigenvalue weighted by Crippen LogP contribution is -2.19. The molecular formula is C8H17NO6S. The largest absolute Gasteiger partial charge is 0.478 e. The minimum atomic E-state index is -4.25. The normalized spacial score (nSPS) is 10.6. The van der Waals surface area contributed by atoms with Gasteiger partial charge in [0, 0.05) is 12.1 Å². The lowest BCUT2D eigenvalue weighted by molar-refractivity contribution is -0.132.